The summed E-state index contributed by atoms with van der Waals surface area (Å²) in [5.41, 5.74) is 8.32. The van der Waals surface area contributed by atoms with Crippen molar-refractivity contribution in [2.75, 3.05) is 19.0 Å². The zero-order chi connectivity index (χ0) is 24.8. The summed E-state index contributed by atoms with van der Waals surface area (Å²) in [7, 11) is 1.47. The summed E-state index contributed by atoms with van der Waals surface area (Å²) in [4.78, 5) is 16.2. The number of thiocarbonyl (C=S) groups is 1. The quantitative estimate of drug-likeness (QED) is 0.334. The molecule has 0 saturated carbocycles. The fraction of sp³-hybridized carbons (Fsp3) is 0.192. The molecule has 1 aliphatic rings. The van der Waals surface area contributed by atoms with Crippen molar-refractivity contribution in [3.63, 3.8) is 0 Å². The van der Waals surface area contributed by atoms with Crippen molar-refractivity contribution < 1.29 is 14.3 Å². The van der Waals surface area contributed by atoms with E-state index in [9.17, 15) is 4.79 Å². The molecule has 35 heavy (non-hydrogen) atoms. The van der Waals surface area contributed by atoms with Crippen LogP contribution in [0.15, 0.2) is 66.4 Å². The lowest BCUT2D eigenvalue weighted by molar-refractivity contribution is 0.0997. The average Bonchev–Trinajstić information content (AvgIpc) is 2.85. The molecule has 3 aromatic rings. The Kier molecular flexibility index (Phi) is 7.84. The Labute approximate surface area is 214 Å². The number of primary amides is 1. The van der Waals surface area contributed by atoms with Gasteiger partial charge in [-0.3, -0.25) is 9.78 Å². The Bertz CT molecular complexity index is 1340. The van der Waals surface area contributed by atoms with E-state index in [1.165, 1.54) is 12.7 Å². The molecule has 0 spiro atoms. The van der Waals surface area contributed by atoms with Gasteiger partial charge in [-0.15, -0.1) is 0 Å². The van der Waals surface area contributed by atoms with Gasteiger partial charge in [-0.05, 0) is 55.7 Å². The van der Waals surface area contributed by atoms with E-state index in [1.807, 2.05) is 0 Å². The number of hydrogen-bond acceptors (Lipinski definition) is 5. The van der Waals surface area contributed by atoms with Gasteiger partial charge in [-0.25, -0.2) is 0 Å². The minimum Gasteiger partial charge on any atom is -0.496 e. The number of carbonyl (C=O) groups is 1. The highest BCUT2D eigenvalue weighted by Crippen LogP contribution is 2.35. The third-order valence-corrected chi connectivity index (χ3v) is 6.03. The SMILES string of the molecule is COc1cc2nccc(Oc3ccc(NC(=S)NCCC4=CCCC=C4)c(Cl)c3)c2cc1C(N)=O. The fourth-order valence-corrected chi connectivity index (χ4v) is 4.16. The van der Waals surface area contributed by atoms with Crippen LogP contribution >= 0.6 is 23.8 Å². The van der Waals surface area contributed by atoms with Crippen LogP contribution in [0.2, 0.25) is 5.02 Å². The Morgan fingerprint density at radius 3 is 2.77 bits per heavy atom. The second-order valence-electron chi connectivity index (χ2n) is 7.88. The number of benzene rings is 2. The Morgan fingerprint density at radius 2 is 2.06 bits per heavy atom. The molecule has 0 aliphatic heterocycles. The van der Waals surface area contributed by atoms with Crippen LogP contribution in [0.4, 0.5) is 5.69 Å². The summed E-state index contributed by atoms with van der Waals surface area (Å²) in [6, 6.07) is 10.2. The minimum absolute atomic E-state index is 0.243. The number of hydrogen-bond donors (Lipinski definition) is 3. The molecule has 1 aromatic heterocycles. The Balaban J connectivity index is 1.44. The van der Waals surface area contributed by atoms with Crippen LogP contribution in [-0.4, -0.2) is 29.7 Å². The smallest absolute Gasteiger partial charge is 0.252 e. The van der Waals surface area contributed by atoms with E-state index < -0.39 is 5.91 Å². The molecule has 9 heteroatoms. The van der Waals surface area contributed by atoms with E-state index in [1.54, 1.807) is 42.6 Å². The van der Waals surface area contributed by atoms with Gasteiger partial charge in [0.1, 0.15) is 17.2 Å². The molecule has 0 radical (unpaired) electrons. The maximum Gasteiger partial charge on any atom is 0.252 e. The summed E-state index contributed by atoms with van der Waals surface area (Å²) >= 11 is 11.9. The van der Waals surface area contributed by atoms with E-state index in [2.05, 4.69) is 33.8 Å². The normalized spacial score (nSPS) is 12.7. The van der Waals surface area contributed by atoms with Gasteiger partial charge >= 0.3 is 0 Å². The number of amides is 1. The van der Waals surface area contributed by atoms with Crippen LogP contribution in [0.3, 0.4) is 0 Å². The number of carbonyl (C=O) groups excluding carboxylic acids is 1. The van der Waals surface area contributed by atoms with Gasteiger partial charge in [0, 0.05) is 30.3 Å². The van der Waals surface area contributed by atoms with Gasteiger partial charge in [0.15, 0.2) is 5.11 Å². The highest BCUT2D eigenvalue weighted by Gasteiger charge is 2.15. The molecule has 4 N–H and O–H groups in total. The third-order valence-electron chi connectivity index (χ3n) is 5.48. The Hall–Kier alpha value is -3.62. The summed E-state index contributed by atoms with van der Waals surface area (Å²) in [6.45, 7) is 0.730. The molecule has 0 bridgehead atoms. The van der Waals surface area contributed by atoms with Gasteiger partial charge in [-0.2, -0.15) is 0 Å². The van der Waals surface area contributed by atoms with Crippen molar-refractivity contribution in [3.8, 4) is 17.2 Å². The number of aromatic nitrogens is 1. The zero-order valence-corrected chi connectivity index (χ0v) is 20.7. The van der Waals surface area contributed by atoms with Crippen molar-refractivity contribution in [1.29, 1.82) is 0 Å². The number of rotatable bonds is 8. The largest absolute Gasteiger partial charge is 0.496 e. The van der Waals surface area contributed by atoms with Crippen LogP contribution in [-0.2, 0) is 0 Å². The number of nitrogens with one attached hydrogen (secondary N) is 2. The number of ether oxygens (including phenoxy) is 2. The Morgan fingerprint density at radius 1 is 1.20 bits per heavy atom. The monoisotopic (exact) mass is 508 g/mol. The van der Waals surface area contributed by atoms with Crippen molar-refractivity contribution in [2.24, 2.45) is 5.73 Å². The number of pyridine rings is 1. The molecule has 2 aromatic carbocycles. The number of anilines is 1. The lowest BCUT2D eigenvalue weighted by Crippen LogP contribution is -2.29. The van der Waals surface area contributed by atoms with E-state index in [0.717, 1.165) is 25.8 Å². The highest BCUT2D eigenvalue weighted by molar-refractivity contribution is 7.80. The molecule has 0 atom stereocenters. The number of halogens is 1. The molecular formula is C26H25ClN4O3S. The number of nitrogens with zero attached hydrogens (tertiary/aromatic N) is 1. The summed E-state index contributed by atoms with van der Waals surface area (Å²) < 4.78 is 11.3. The number of fused-ring (bicyclic) bond motifs is 1. The fourth-order valence-electron chi connectivity index (χ4n) is 3.73. The van der Waals surface area contributed by atoms with Gasteiger partial charge in [-0.1, -0.05) is 35.4 Å². The van der Waals surface area contributed by atoms with Gasteiger partial charge in [0.25, 0.3) is 5.91 Å². The topological polar surface area (TPSA) is 98.5 Å². The van der Waals surface area contributed by atoms with E-state index in [0.29, 0.717) is 44.0 Å². The molecule has 7 nitrogen and oxygen atoms in total. The minimum atomic E-state index is -0.603. The molecule has 1 aliphatic carbocycles. The first-order chi connectivity index (χ1) is 16.9. The van der Waals surface area contributed by atoms with Crippen LogP contribution in [0.25, 0.3) is 10.9 Å². The molecule has 0 unspecified atom stereocenters. The predicted octanol–water partition coefficient (Wildman–Crippen LogP) is 5.74. The first-order valence-electron chi connectivity index (χ1n) is 11.1. The maximum atomic E-state index is 11.8. The summed E-state index contributed by atoms with van der Waals surface area (Å²) in [6.07, 6.45) is 11.3. The van der Waals surface area contributed by atoms with Crippen LogP contribution in [0.5, 0.6) is 17.2 Å². The van der Waals surface area contributed by atoms with Crippen LogP contribution in [0, 0.1) is 0 Å². The van der Waals surface area contributed by atoms with Crippen molar-refractivity contribution in [1.82, 2.24) is 10.3 Å². The lowest BCUT2D eigenvalue weighted by atomic mass is 10.0. The lowest BCUT2D eigenvalue weighted by Gasteiger charge is -2.14. The first kappa shape index (κ1) is 24.5. The maximum absolute atomic E-state index is 11.8. The van der Waals surface area contributed by atoms with E-state index in [4.69, 9.17) is 39.0 Å². The molecular weight excluding hydrogens is 484 g/mol. The molecule has 0 saturated heterocycles. The highest BCUT2D eigenvalue weighted by atomic mass is 35.5. The average molecular weight is 509 g/mol. The van der Waals surface area contributed by atoms with Crippen LogP contribution in [0.1, 0.15) is 29.6 Å². The first-order valence-corrected chi connectivity index (χ1v) is 11.9. The van der Waals surface area contributed by atoms with Gasteiger partial charge in [0.2, 0.25) is 0 Å². The zero-order valence-electron chi connectivity index (χ0n) is 19.1. The molecule has 1 amide bonds. The summed E-state index contributed by atoms with van der Waals surface area (Å²) in [5, 5.41) is 7.89. The van der Waals surface area contributed by atoms with Gasteiger partial charge in [0.05, 0.1) is 28.9 Å². The standard InChI is InChI=1S/C26H25ClN4O3S/c1-33-24-15-22-18(14-19(24)25(28)32)23(10-12-29-22)34-17-7-8-21(20(27)13-17)31-26(35)30-11-9-16-5-3-2-4-6-16/h3,5-8,10,12-15H,2,4,9,11H2,1H3,(H2,28,32)(H2,30,31,35). The van der Waals surface area contributed by atoms with Crippen LogP contribution < -0.4 is 25.8 Å². The van der Waals surface area contributed by atoms with E-state index in [-0.39, 0.29) is 5.56 Å². The molecule has 4 rings (SSSR count). The predicted molar refractivity (Wildman–Crippen MR) is 144 cm³/mol. The molecule has 180 valence electrons. The number of nitrogens with two attached hydrogens (primary N) is 1. The number of allylic oxidation sites excluding steroid dienone is 3. The van der Waals surface area contributed by atoms with Gasteiger partial charge < -0.3 is 25.8 Å². The second kappa shape index (κ2) is 11.2. The van der Waals surface area contributed by atoms with Crippen molar-refractivity contribution >= 4 is 51.4 Å². The van der Waals surface area contributed by atoms with E-state index >= 15 is 0 Å². The number of methoxy groups -OCH3 is 1. The molecule has 0 fully saturated rings. The van der Waals surface area contributed by atoms with Crippen molar-refractivity contribution in [2.45, 2.75) is 19.3 Å². The third kappa shape index (κ3) is 6.09. The summed E-state index contributed by atoms with van der Waals surface area (Å²) in [5.74, 6) is 0.762. The second-order valence-corrected chi connectivity index (χ2v) is 8.69. The molecule has 1 heterocycles. The van der Waals surface area contributed by atoms with Crippen molar-refractivity contribution in [3.05, 3.63) is 77.0 Å².